The molecule has 0 saturated carbocycles. The summed E-state index contributed by atoms with van der Waals surface area (Å²) in [5.74, 6) is 0.229. The van der Waals surface area contributed by atoms with Crippen LogP contribution in [0.3, 0.4) is 0 Å². The Morgan fingerprint density at radius 2 is 2.31 bits per heavy atom. The van der Waals surface area contributed by atoms with Crippen LogP contribution in [0.4, 0.5) is 0 Å². The highest BCUT2D eigenvalue weighted by molar-refractivity contribution is 6.08. The van der Waals surface area contributed by atoms with Gasteiger partial charge in [0.1, 0.15) is 23.1 Å². The van der Waals surface area contributed by atoms with Gasteiger partial charge in [-0.15, -0.1) is 0 Å². The number of hydrogen-bond donors (Lipinski definition) is 1. The highest BCUT2D eigenvalue weighted by Gasteiger charge is 2.12. The molecule has 0 saturated heterocycles. The maximum absolute atomic E-state index is 7.36. The van der Waals surface area contributed by atoms with Crippen LogP contribution in [-0.2, 0) is 0 Å². The van der Waals surface area contributed by atoms with Crippen LogP contribution in [0.25, 0.3) is 17.3 Å². The predicted octanol–water partition coefficient (Wildman–Crippen LogP) is 0.170. The van der Waals surface area contributed by atoms with Gasteiger partial charge in [0.05, 0.1) is 0 Å². The highest BCUT2D eigenvalue weighted by Crippen LogP contribution is 2.12. The summed E-state index contributed by atoms with van der Waals surface area (Å²) in [5.41, 5.74) is 2.37. The number of hydrogen-bond acceptors (Lipinski definition) is 3. The zero-order valence-corrected chi connectivity index (χ0v) is 6.61. The summed E-state index contributed by atoms with van der Waals surface area (Å²) in [6, 6.07) is 1.87. The first-order chi connectivity index (χ1) is 6.34. The van der Waals surface area contributed by atoms with Crippen molar-refractivity contribution in [2.75, 3.05) is 0 Å². The Hall–Kier alpha value is -1.97. The van der Waals surface area contributed by atoms with Crippen LogP contribution in [0.1, 0.15) is 0 Å². The molecule has 0 aromatic carbocycles. The molecule has 4 nitrogen and oxygen atoms in total. The Labute approximate surface area is 73.1 Å². The van der Waals surface area contributed by atoms with Crippen LogP contribution in [-0.4, -0.2) is 10.8 Å². The molecule has 0 fully saturated rings. The smallest absolute Gasteiger partial charge is 0.156 e. The molecule has 3 heterocycles. The lowest BCUT2D eigenvalue weighted by molar-refractivity contribution is 0.510. The fourth-order valence-electron chi connectivity index (χ4n) is 1.44. The maximum Gasteiger partial charge on any atom is 0.156 e. The summed E-state index contributed by atoms with van der Waals surface area (Å²) in [6.07, 6.45) is 4.89. The number of amidine groups is 1. The van der Waals surface area contributed by atoms with Crippen LogP contribution in [0, 0.1) is 5.41 Å². The normalized spacial score (nSPS) is 14.0. The van der Waals surface area contributed by atoms with Crippen LogP contribution in [0.15, 0.2) is 27.9 Å². The molecule has 3 aliphatic rings. The molecular weight excluding hydrogens is 166 g/mol. The van der Waals surface area contributed by atoms with Gasteiger partial charge < -0.3 is 4.42 Å². The van der Waals surface area contributed by atoms with Gasteiger partial charge >= 0.3 is 0 Å². The minimum absolute atomic E-state index is 0.229. The summed E-state index contributed by atoms with van der Waals surface area (Å²) < 4.78 is 5.26. The molecular formula is C9H5N3O. The highest BCUT2D eigenvalue weighted by atomic mass is 16.3. The van der Waals surface area contributed by atoms with Crippen LogP contribution < -0.4 is 10.8 Å². The van der Waals surface area contributed by atoms with Crippen molar-refractivity contribution in [2.45, 2.75) is 0 Å². The van der Waals surface area contributed by atoms with Gasteiger partial charge in [-0.2, -0.15) is 0 Å². The summed E-state index contributed by atoms with van der Waals surface area (Å²) in [6.45, 7) is 0. The second-order valence-corrected chi connectivity index (χ2v) is 2.83. The van der Waals surface area contributed by atoms with E-state index in [1.54, 1.807) is 18.5 Å². The topological polar surface area (TPSA) is 62.2 Å². The number of aromatic nitrogens is 1. The summed E-state index contributed by atoms with van der Waals surface area (Å²) in [4.78, 5) is 8.13. The Balaban J connectivity index is 2.61. The third kappa shape index (κ3) is 0.767. The van der Waals surface area contributed by atoms with E-state index in [9.17, 15) is 0 Å². The second-order valence-electron chi connectivity index (χ2n) is 2.83. The third-order valence-electron chi connectivity index (χ3n) is 2.02. The molecule has 62 valence electrons. The van der Waals surface area contributed by atoms with E-state index in [2.05, 4.69) is 9.98 Å². The lowest BCUT2D eigenvalue weighted by atomic mass is 10.2. The molecule has 0 bridgehead atoms. The Kier molecular flexibility index (Phi) is 1.02. The molecule has 13 heavy (non-hydrogen) atoms. The summed E-state index contributed by atoms with van der Waals surface area (Å²) in [5, 5.41) is 8.08. The molecule has 3 aliphatic heterocycles. The largest absolute Gasteiger partial charge is 0.460 e. The first-order valence-corrected chi connectivity index (χ1v) is 3.86. The van der Waals surface area contributed by atoms with Crippen molar-refractivity contribution in [3.05, 3.63) is 29.3 Å². The quantitative estimate of drug-likeness (QED) is 0.614. The van der Waals surface area contributed by atoms with Crippen LogP contribution in [0.5, 0.6) is 0 Å². The first-order valence-electron chi connectivity index (χ1n) is 3.86. The molecule has 3 rings (SSSR count). The van der Waals surface area contributed by atoms with Crippen molar-refractivity contribution in [3.8, 4) is 11.3 Å². The molecule has 0 aliphatic carbocycles. The Bertz CT molecular complexity index is 582. The fourth-order valence-corrected chi connectivity index (χ4v) is 1.44. The average Bonchev–Trinajstić information content (AvgIpc) is 2.65. The molecule has 0 unspecified atom stereocenters. The zero-order chi connectivity index (χ0) is 8.84. The number of nitrogens with one attached hydrogen (secondary N) is 1. The lowest BCUT2D eigenvalue weighted by Crippen LogP contribution is -2.23. The van der Waals surface area contributed by atoms with E-state index in [0.717, 1.165) is 16.6 Å². The molecule has 4 heteroatoms. The van der Waals surface area contributed by atoms with Crippen molar-refractivity contribution in [3.63, 3.8) is 0 Å². The average molecular weight is 171 g/mol. The molecule has 0 amide bonds. The molecule has 0 radical (unpaired) electrons. The number of fused-ring (bicyclic) bond motifs is 3. The van der Waals surface area contributed by atoms with Crippen LogP contribution in [0.2, 0.25) is 0 Å². The molecule has 0 atom stereocenters. The van der Waals surface area contributed by atoms with Gasteiger partial charge in [0.15, 0.2) is 5.42 Å². The monoisotopic (exact) mass is 171 g/mol. The summed E-state index contributed by atoms with van der Waals surface area (Å²) >= 11 is 0. The van der Waals surface area contributed by atoms with Crippen molar-refractivity contribution < 1.29 is 4.42 Å². The minimum atomic E-state index is 0.229. The first kappa shape index (κ1) is 6.54. The van der Waals surface area contributed by atoms with Gasteiger partial charge in [-0.05, 0) is 6.07 Å². The van der Waals surface area contributed by atoms with E-state index in [1.165, 1.54) is 0 Å². The van der Waals surface area contributed by atoms with Gasteiger partial charge in [-0.1, -0.05) is 0 Å². The standard InChI is InChI=1S/C9H5N3O/c10-8-3-7-9(12-8)5-1-2-11-6(5)4-13-7/h1-4,10H. The van der Waals surface area contributed by atoms with Crippen LogP contribution >= 0.6 is 0 Å². The van der Waals surface area contributed by atoms with Crippen molar-refractivity contribution in [2.24, 2.45) is 4.99 Å². The van der Waals surface area contributed by atoms with E-state index in [0.29, 0.717) is 5.42 Å². The SMILES string of the molecule is N=C1C=c2occ3nccc-3c2=N1. The van der Waals surface area contributed by atoms with E-state index in [4.69, 9.17) is 9.83 Å². The van der Waals surface area contributed by atoms with Gasteiger partial charge in [0.2, 0.25) is 0 Å². The Morgan fingerprint density at radius 1 is 1.38 bits per heavy atom. The molecule has 0 aromatic heterocycles. The second kappa shape index (κ2) is 2.04. The third-order valence-corrected chi connectivity index (χ3v) is 2.02. The number of rotatable bonds is 0. The van der Waals surface area contributed by atoms with E-state index in [-0.39, 0.29) is 5.84 Å². The van der Waals surface area contributed by atoms with Gasteiger partial charge in [0.25, 0.3) is 0 Å². The van der Waals surface area contributed by atoms with Crippen molar-refractivity contribution >= 4 is 11.9 Å². The minimum Gasteiger partial charge on any atom is -0.460 e. The van der Waals surface area contributed by atoms with Gasteiger partial charge in [-0.3, -0.25) is 10.4 Å². The van der Waals surface area contributed by atoms with Gasteiger partial charge in [-0.25, -0.2) is 4.99 Å². The van der Waals surface area contributed by atoms with Crippen molar-refractivity contribution in [1.82, 2.24) is 4.98 Å². The predicted molar refractivity (Wildman–Crippen MR) is 46.1 cm³/mol. The summed E-state index contributed by atoms with van der Waals surface area (Å²) in [7, 11) is 0. The van der Waals surface area contributed by atoms with E-state index >= 15 is 0 Å². The lowest BCUT2D eigenvalue weighted by Gasteiger charge is -1.93. The maximum atomic E-state index is 7.36. The zero-order valence-electron chi connectivity index (χ0n) is 6.61. The van der Waals surface area contributed by atoms with E-state index in [1.807, 2.05) is 6.07 Å². The molecule has 0 aromatic rings. The molecule has 1 N–H and O–H groups in total. The van der Waals surface area contributed by atoms with Crippen molar-refractivity contribution in [1.29, 1.82) is 5.41 Å². The number of nitrogens with zero attached hydrogens (tertiary/aromatic N) is 2. The fraction of sp³-hybridized carbons (Fsp3) is 0. The Morgan fingerprint density at radius 3 is 3.23 bits per heavy atom. The molecule has 0 spiro atoms. The van der Waals surface area contributed by atoms with E-state index < -0.39 is 0 Å². The van der Waals surface area contributed by atoms with Gasteiger partial charge in [0, 0.05) is 17.8 Å².